The predicted molar refractivity (Wildman–Crippen MR) is 119 cm³/mol. The molecule has 1 aromatic heterocycles. The molecule has 0 unspecified atom stereocenters. The fraction of sp³-hybridized carbons (Fsp3) is 0.120. The second kappa shape index (κ2) is 7.20. The monoisotopic (exact) mass is 413 g/mol. The summed E-state index contributed by atoms with van der Waals surface area (Å²) >= 11 is 1.31. The van der Waals surface area contributed by atoms with Crippen LogP contribution in [0.3, 0.4) is 0 Å². The molecule has 4 aromatic rings. The number of amides is 1. The summed E-state index contributed by atoms with van der Waals surface area (Å²) in [6.45, 7) is 0.326. The highest BCUT2D eigenvalue weighted by Crippen LogP contribution is 2.44. The molecule has 0 saturated carbocycles. The summed E-state index contributed by atoms with van der Waals surface area (Å²) in [6.07, 6.45) is -0.268. The zero-order valence-corrected chi connectivity index (χ0v) is 16.9. The first-order valence-electron chi connectivity index (χ1n) is 9.75. The Kier molecular flexibility index (Phi) is 4.50. The molecule has 30 heavy (non-hydrogen) atoms. The van der Waals surface area contributed by atoms with E-state index in [9.17, 15) is 14.7 Å². The number of carbonyl (C=O) groups excluding carboxylic acids is 2. The molecule has 2 heterocycles. The number of hydrogen-bond donors (Lipinski definition) is 1. The van der Waals surface area contributed by atoms with Gasteiger partial charge in [-0.15, -0.1) is 11.3 Å². The molecule has 5 heteroatoms. The quantitative estimate of drug-likeness (QED) is 0.473. The molecule has 5 rings (SSSR count). The van der Waals surface area contributed by atoms with Crippen molar-refractivity contribution in [1.82, 2.24) is 0 Å². The van der Waals surface area contributed by atoms with Gasteiger partial charge in [0.15, 0.2) is 11.4 Å². The van der Waals surface area contributed by atoms with Gasteiger partial charge in [0.05, 0.1) is 23.5 Å². The van der Waals surface area contributed by atoms with Crippen molar-refractivity contribution in [2.75, 3.05) is 4.90 Å². The highest BCUT2D eigenvalue weighted by molar-refractivity contribution is 7.12. The van der Waals surface area contributed by atoms with Gasteiger partial charge in [-0.25, -0.2) is 0 Å². The minimum absolute atomic E-state index is 0.234. The van der Waals surface area contributed by atoms with E-state index in [1.54, 1.807) is 29.2 Å². The van der Waals surface area contributed by atoms with E-state index in [1.165, 1.54) is 11.3 Å². The standard InChI is InChI=1S/C25H19NO3S/c27-22(23-13-6-14-30-23)15-25(29)20-11-3-4-12-21(20)26(24(25)28)16-18-9-5-8-17-7-1-2-10-19(17)18/h1-14,29H,15-16H2/t25-/m0/s1. The van der Waals surface area contributed by atoms with Crippen LogP contribution in [-0.2, 0) is 16.9 Å². The number of para-hydroxylation sites is 1. The summed E-state index contributed by atoms with van der Waals surface area (Å²) in [6, 6.07) is 24.7. The van der Waals surface area contributed by atoms with Crippen molar-refractivity contribution < 1.29 is 14.7 Å². The number of Topliss-reactive ketones (excluding diaryl/α,β-unsaturated/α-hetero) is 1. The van der Waals surface area contributed by atoms with Crippen LogP contribution in [0.15, 0.2) is 84.2 Å². The number of anilines is 1. The first kappa shape index (κ1) is 18.7. The summed E-state index contributed by atoms with van der Waals surface area (Å²) in [5.74, 6) is -0.691. The fourth-order valence-corrected chi connectivity index (χ4v) is 4.86. The SMILES string of the molecule is O=C(C[C@@]1(O)C(=O)N(Cc2cccc3ccccc23)c2ccccc21)c1cccs1. The maximum Gasteiger partial charge on any atom is 0.264 e. The lowest BCUT2D eigenvalue weighted by Crippen LogP contribution is -2.41. The largest absolute Gasteiger partial charge is 0.375 e. The molecule has 1 N–H and O–H groups in total. The lowest BCUT2D eigenvalue weighted by molar-refractivity contribution is -0.136. The maximum atomic E-state index is 13.5. The van der Waals surface area contributed by atoms with Crippen LogP contribution in [0.1, 0.15) is 27.2 Å². The second-order valence-corrected chi connectivity index (χ2v) is 8.43. The molecule has 3 aromatic carbocycles. The van der Waals surface area contributed by atoms with Gasteiger partial charge in [-0.1, -0.05) is 66.7 Å². The normalized spacial score (nSPS) is 18.0. The molecule has 4 nitrogen and oxygen atoms in total. The Bertz CT molecular complexity index is 1260. The summed E-state index contributed by atoms with van der Waals surface area (Å²) in [5, 5.41) is 15.4. The van der Waals surface area contributed by atoms with Gasteiger partial charge in [-0.2, -0.15) is 0 Å². The first-order valence-corrected chi connectivity index (χ1v) is 10.6. The van der Waals surface area contributed by atoms with E-state index in [-0.39, 0.29) is 12.2 Å². The highest BCUT2D eigenvalue weighted by Gasteiger charge is 2.50. The van der Waals surface area contributed by atoms with Gasteiger partial charge in [-0.3, -0.25) is 9.59 Å². The third-order valence-electron chi connectivity index (χ3n) is 5.66. The van der Waals surface area contributed by atoms with Crippen LogP contribution in [0.4, 0.5) is 5.69 Å². The predicted octanol–water partition coefficient (Wildman–Crippen LogP) is 4.91. The molecule has 148 valence electrons. The Labute approximate surface area is 178 Å². The van der Waals surface area contributed by atoms with Crippen molar-refractivity contribution in [2.24, 2.45) is 0 Å². The van der Waals surface area contributed by atoms with E-state index in [4.69, 9.17) is 0 Å². The van der Waals surface area contributed by atoms with Crippen molar-refractivity contribution in [3.8, 4) is 0 Å². The number of rotatable bonds is 5. The molecular formula is C25H19NO3S. The average Bonchev–Trinajstić information content (AvgIpc) is 3.38. The third-order valence-corrected chi connectivity index (χ3v) is 6.57. The number of thiophene rings is 1. The molecule has 0 spiro atoms. The number of ketones is 1. The Hall–Kier alpha value is -3.28. The zero-order valence-electron chi connectivity index (χ0n) is 16.1. The second-order valence-electron chi connectivity index (χ2n) is 7.48. The van der Waals surface area contributed by atoms with Crippen molar-refractivity contribution in [2.45, 2.75) is 18.6 Å². The van der Waals surface area contributed by atoms with Crippen molar-refractivity contribution in [3.63, 3.8) is 0 Å². The summed E-state index contributed by atoms with van der Waals surface area (Å²) in [4.78, 5) is 28.3. The molecule has 1 atom stereocenters. The van der Waals surface area contributed by atoms with E-state index in [2.05, 4.69) is 0 Å². The topological polar surface area (TPSA) is 57.6 Å². The van der Waals surface area contributed by atoms with Crippen molar-refractivity contribution in [1.29, 1.82) is 0 Å². The molecule has 0 saturated heterocycles. The molecule has 0 fully saturated rings. The van der Waals surface area contributed by atoms with Gasteiger partial charge in [0.25, 0.3) is 5.91 Å². The molecular weight excluding hydrogens is 394 g/mol. The van der Waals surface area contributed by atoms with Gasteiger partial charge in [0, 0.05) is 5.56 Å². The van der Waals surface area contributed by atoms with E-state index in [0.717, 1.165) is 16.3 Å². The molecule has 0 aliphatic carbocycles. The van der Waals surface area contributed by atoms with Gasteiger partial charge >= 0.3 is 0 Å². The Morgan fingerprint density at radius 2 is 1.70 bits per heavy atom. The van der Waals surface area contributed by atoms with Crippen molar-refractivity contribution >= 4 is 39.5 Å². The summed E-state index contributed by atoms with van der Waals surface area (Å²) in [5.41, 5.74) is 0.268. The minimum Gasteiger partial charge on any atom is -0.375 e. The fourth-order valence-electron chi connectivity index (χ4n) is 4.19. The van der Waals surface area contributed by atoms with Crippen LogP contribution in [-0.4, -0.2) is 16.8 Å². The van der Waals surface area contributed by atoms with E-state index >= 15 is 0 Å². The maximum absolute atomic E-state index is 13.5. The van der Waals surface area contributed by atoms with Gasteiger partial charge in [0.2, 0.25) is 0 Å². The van der Waals surface area contributed by atoms with Crippen LogP contribution in [0.2, 0.25) is 0 Å². The van der Waals surface area contributed by atoms with E-state index < -0.39 is 11.5 Å². The summed E-state index contributed by atoms with van der Waals surface area (Å²) in [7, 11) is 0. The lowest BCUT2D eigenvalue weighted by Gasteiger charge is -2.23. The molecule has 1 aliphatic rings. The molecule has 0 radical (unpaired) electrons. The lowest BCUT2D eigenvalue weighted by atomic mass is 9.89. The third kappa shape index (κ3) is 2.95. The van der Waals surface area contributed by atoms with Crippen LogP contribution < -0.4 is 4.90 Å². The smallest absolute Gasteiger partial charge is 0.264 e. The molecule has 1 aliphatic heterocycles. The van der Waals surface area contributed by atoms with Gasteiger partial charge in [0.1, 0.15) is 0 Å². The van der Waals surface area contributed by atoms with Crippen molar-refractivity contribution in [3.05, 3.63) is 100 Å². The highest BCUT2D eigenvalue weighted by atomic mass is 32.1. The Balaban J connectivity index is 1.54. The number of carbonyl (C=O) groups is 2. The first-order chi connectivity index (χ1) is 14.6. The van der Waals surface area contributed by atoms with E-state index in [0.29, 0.717) is 22.7 Å². The van der Waals surface area contributed by atoms with Crippen LogP contribution >= 0.6 is 11.3 Å². The van der Waals surface area contributed by atoms with Crippen LogP contribution in [0.25, 0.3) is 10.8 Å². The minimum atomic E-state index is -1.86. The van der Waals surface area contributed by atoms with Crippen LogP contribution in [0.5, 0.6) is 0 Å². The molecule has 1 amide bonds. The number of benzene rings is 3. The summed E-state index contributed by atoms with van der Waals surface area (Å²) < 4.78 is 0. The van der Waals surface area contributed by atoms with E-state index in [1.807, 2.05) is 60.0 Å². The molecule has 0 bridgehead atoms. The average molecular weight is 413 g/mol. The van der Waals surface area contributed by atoms with Crippen LogP contribution in [0, 0.1) is 0 Å². The number of hydrogen-bond acceptors (Lipinski definition) is 4. The zero-order chi connectivity index (χ0) is 20.7. The van der Waals surface area contributed by atoms with Gasteiger partial charge in [-0.05, 0) is 33.8 Å². The Morgan fingerprint density at radius 3 is 2.53 bits per heavy atom. The Morgan fingerprint density at radius 1 is 0.933 bits per heavy atom. The number of fused-ring (bicyclic) bond motifs is 2. The van der Waals surface area contributed by atoms with Gasteiger partial charge < -0.3 is 10.0 Å². The number of aliphatic hydroxyl groups is 1. The number of nitrogens with zero attached hydrogens (tertiary/aromatic N) is 1.